The molecule has 3 aromatic heterocycles. The summed E-state index contributed by atoms with van der Waals surface area (Å²) >= 11 is 0. The number of allylic oxidation sites excluding steroid dienone is 2. The number of hydrogen-bond acceptors (Lipinski definition) is 4. The number of para-hydroxylation sites is 5. The SMILES string of the molecule is C1=CC2Oc3nc(-c4ccccc4-c4ccccc4-n4c5ccccc5n5c6ccccc6nc45)ncc3C2C=C1. The molecule has 4 aromatic carbocycles. The molecule has 6 heteroatoms. The van der Waals surface area contributed by atoms with Crippen LogP contribution in [0.1, 0.15) is 11.5 Å². The van der Waals surface area contributed by atoms with E-state index in [9.17, 15) is 0 Å². The topological polar surface area (TPSA) is 57.2 Å². The minimum atomic E-state index is -0.0231. The molecule has 194 valence electrons. The second-order valence-electron chi connectivity index (χ2n) is 10.5. The van der Waals surface area contributed by atoms with Gasteiger partial charge in [0.1, 0.15) is 6.10 Å². The lowest BCUT2D eigenvalue weighted by molar-refractivity contribution is 0.260. The number of nitrogens with zero attached hydrogens (tertiary/aromatic N) is 5. The van der Waals surface area contributed by atoms with E-state index in [0.717, 1.165) is 55.8 Å². The summed E-state index contributed by atoms with van der Waals surface area (Å²) in [5.41, 5.74) is 9.41. The molecule has 0 N–H and O–H groups in total. The highest BCUT2D eigenvalue weighted by Crippen LogP contribution is 2.42. The van der Waals surface area contributed by atoms with Crippen molar-refractivity contribution in [3.05, 3.63) is 133 Å². The molecule has 7 aromatic rings. The third kappa shape index (κ3) is 3.22. The van der Waals surface area contributed by atoms with Gasteiger partial charge >= 0.3 is 0 Å². The van der Waals surface area contributed by atoms with E-state index in [2.05, 4.69) is 112 Å². The molecule has 0 radical (unpaired) electrons. The van der Waals surface area contributed by atoms with E-state index >= 15 is 0 Å². The predicted molar refractivity (Wildman–Crippen MR) is 161 cm³/mol. The highest BCUT2D eigenvalue weighted by Gasteiger charge is 2.34. The molecule has 0 bridgehead atoms. The third-order valence-corrected chi connectivity index (χ3v) is 8.18. The van der Waals surface area contributed by atoms with Gasteiger partial charge in [-0.2, -0.15) is 4.98 Å². The van der Waals surface area contributed by atoms with Gasteiger partial charge in [-0.1, -0.05) is 85.0 Å². The van der Waals surface area contributed by atoms with E-state index in [4.69, 9.17) is 19.7 Å². The number of benzene rings is 4. The molecular weight excluding hydrogens is 506 g/mol. The molecule has 0 saturated carbocycles. The maximum absolute atomic E-state index is 6.22. The minimum absolute atomic E-state index is 0.0231. The summed E-state index contributed by atoms with van der Waals surface area (Å²) in [4.78, 5) is 14.9. The van der Waals surface area contributed by atoms with E-state index in [0.29, 0.717) is 11.7 Å². The highest BCUT2D eigenvalue weighted by atomic mass is 16.5. The van der Waals surface area contributed by atoms with Gasteiger partial charge in [0.25, 0.3) is 0 Å². The fourth-order valence-corrected chi connectivity index (χ4v) is 6.33. The Kier molecular flexibility index (Phi) is 4.63. The van der Waals surface area contributed by atoms with Crippen molar-refractivity contribution in [3.8, 4) is 34.1 Å². The molecule has 0 fully saturated rings. The van der Waals surface area contributed by atoms with Crippen LogP contribution in [0.3, 0.4) is 0 Å². The van der Waals surface area contributed by atoms with Crippen molar-refractivity contribution in [2.75, 3.05) is 0 Å². The molecule has 1 aliphatic carbocycles. The molecule has 2 aliphatic rings. The Balaban J connectivity index is 1.26. The zero-order valence-electron chi connectivity index (χ0n) is 21.9. The van der Waals surface area contributed by atoms with Crippen molar-refractivity contribution in [2.45, 2.75) is 12.0 Å². The summed E-state index contributed by atoms with van der Waals surface area (Å²) in [6.07, 6.45) is 10.2. The first-order valence-electron chi connectivity index (χ1n) is 13.8. The van der Waals surface area contributed by atoms with Crippen molar-refractivity contribution in [1.29, 1.82) is 0 Å². The Morgan fingerprint density at radius 1 is 0.634 bits per heavy atom. The van der Waals surface area contributed by atoms with Gasteiger partial charge in [-0.25, -0.2) is 9.97 Å². The smallest absolute Gasteiger partial charge is 0.221 e. The molecule has 41 heavy (non-hydrogen) atoms. The molecule has 2 unspecified atom stereocenters. The first kappa shape index (κ1) is 22.3. The van der Waals surface area contributed by atoms with Crippen LogP contribution in [-0.2, 0) is 0 Å². The number of ether oxygens (including phenoxy) is 1. The summed E-state index contributed by atoms with van der Waals surface area (Å²) in [5, 5.41) is 0. The van der Waals surface area contributed by atoms with Crippen LogP contribution in [-0.4, -0.2) is 30.0 Å². The highest BCUT2D eigenvalue weighted by molar-refractivity contribution is 5.94. The molecule has 6 nitrogen and oxygen atoms in total. The van der Waals surface area contributed by atoms with Gasteiger partial charge in [-0.3, -0.25) is 8.97 Å². The summed E-state index contributed by atoms with van der Waals surface area (Å²) in [5.74, 6) is 2.35. The number of rotatable bonds is 3. The normalized spacial score (nSPS) is 17.3. The van der Waals surface area contributed by atoms with Crippen LogP contribution < -0.4 is 4.74 Å². The first-order chi connectivity index (χ1) is 20.3. The van der Waals surface area contributed by atoms with E-state index in [1.807, 2.05) is 24.4 Å². The van der Waals surface area contributed by atoms with E-state index < -0.39 is 0 Å². The standard InChI is InChI=1S/C35H23N5O/c1-2-14-25(33-36-21-26-24-13-4-10-20-32(24)41-34(26)38-33)22(11-1)23-12-3-6-16-28(23)39-30-18-8-9-19-31(30)40-29-17-7-5-15-27(29)37-35(39)40/h1-21,24,32H. The average molecular weight is 530 g/mol. The predicted octanol–water partition coefficient (Wildman–Crippen LogP) is 7.53. The van der Waals surface area contributed by atoms with E-state index in [1.165, 1.54) is 0 Å². The van der Waals surface area contributed by atoms with E-state index in [1.54, 1.807) is 0 Å². The lowest BCUT2D eigenvalue weighted by Crippen LogP contribution is -2.15. The summed E-state index contributed by atoms with van der Waals surface area (Å²) in [7, 11) is 0. The number of aromatic nitrogens is 5. The largest absolute Gasteiger partial charge is 0.469 e. The number of fused-ring (bicyclic) bond motifs is 8. The molecule has 9 rings (SSSR count). The molecule has 0 spiro atoms. The first-order valence-corrected chi connectivity index (χ1v) is 13.8. The fourth-order valence-electron chi connectivity index (χ4n) is 6.33. The minimum Gasteiger partial charge on any atom is -0.469 e. The lowest BCUT2D eigenvalue weighted by Gasteiger charge is -2.15. The second-order valence-corrected chi connectivity index (χ2v) is 10.5. The molecule has 4 heterocycles. The van der Waals surface area contributed by atoms with Crippen LogP contribution in [0.4, 0.5) is 0 Å². The van der Waals surface area contributed by atoms with Gasteiger partial charge in [0.05, 0.1) is 27.8 Å². The molecule has 1 aliphatic heterocycles. The van der Waals surface area contributed by atoms with Crippen LogP contribution in [0.15, 0.2) is 128 Å². The van der Waals surface area contributed by atoms with Gasteiger partial charge in [0.2, 0.25) is 11.7 Å². The van der Waals surface area contributed by atoms with Crippen LogP contribution in [0.25, 0.3) is 56.0 Å². The van der Waals surface area contributed by atoms with Gasteiger partial charge < -0.3 is 4.74 Å². The van der Waals surface area contributed by atoms with Crippen molar-refractivity contribution in [3.63, 3.8) is 0 Å². The maximum atomic E-state index is 6.22. The zero-order valence-corrected chi connectivity index (χ0v) is 21.9. The summed E-state index contributed by atoms with van der Waals surface area (Å²) < 4.78 is 10.7. The lowest BCUT2D eigenvalue weighted by atomic mass is 9.94. The Labute approximate surface area is 235 Å². The molecule has 0 saturated heterocycles. The monoisotopic (exact) mass is 529 g/mol. The number of imidazole rings is 2. The third-order valence-electron chi connectivity index (χ3n) is 8.18. The van der Waals surface area contributed by atoms with Crippen molar-refractivity contribution in [2.24, 2.45) is 0 Å². The Morgan fingerprint density at radius 3 is 2.24 bits per heavy atom. The number of hydrogen-bond donors (Lipinski definition) is 0. The Morgan fingerprint density at radius 2 is 1.34 bits per heavy atom. The van der Waals surface area contributed by atoms with Gasteiger partial charge in [-0.15, -0.1) is 0 Å². The van der Waals surface area contributed by atoms with Crippen LogP contribution >= 0.6 is 0 Å². The van der Waals surface area contributed by atoms with E-state index in [-0.39, 0.29) is 12.0 Å². The van der Waals surface area contributed by atoms with Crippen LogP contribution in [0, 0.1) is 0 Å². The molecule has 2 atom stereocenters. The summed E-state index contributed by atoms with van der Waals surface area (Å²) in [6.45, 7) is 0. The molecular formula is C35H23N5O. The average Bonchev–Trinajstić information content (AvgIpc) is 3.69. The summed E-state index contributed by atoms with van der Waals surface area (Å²) in [6, 6.07) is 33.6. The van der Waals surface area contributed by atoms with Crippen molar-refractivity contribution >= 4 is 27.8 Å². The maximum Gasteiger partial charge on any atom is 0.221 e. The van der Waals surface area contributed by atoms with Gasteiger partial charge in [0.15, 0.2) is 5.82 Å². The van der Waals surface area contributed by atoms with Crippen molar-refractivity contribution in [1.82, 2.24) is 23.9 Å². The zero-order chi connectivity index (χ0) is 26.9. The van der Waals surface area contributed by atoms with Crippen LogP contribution in [0.2, 0.25) is 0 Å². The van der Waals surface area contributed by atoms with Gasteiger partial charge in [0, 0.05) is 28.8 Å². The Hall–Kier alpha value is -5.49. The Bertz CT molecular complexity index is 2220. The van der Waals surface area contributed by atoms with Crippen LogP contribution in [0.5, 0.6) is 5.88 Å². The second kappa shape index (κ2) is 8.50. The fraction of sp³-hybridized carbons (Fsp3) is 0.0571. The van der Waals surface area contributed by atoms with Crippen molar-refractivity contribution < 1.29 is 4.74 Å². The molecule has 0 amide bonds. The quantitative estimate of drug-likeness (QED) is 0.237. The van der Waals surface area contributed by atoms with Gasteiger partial charge in [-0.05, 0) is 42.0 Å².